The minimum absolute atomic E-state index is 0.0419. The largest absolute Gasteiger partial charge is 0.377 e. The van der Waals surface area contributed by atoms with Gasteiger partial charge in [-0.2, -0.15) is 0 Å². The molecule has 0 N–H and O–H groups in total. The van der Waals surface area contributed by atoms with Crippen molar-refractivity contribution >= 4 is 33.4 Å². The van der Waals surface area contributed by atoms with E-state index in [1.807, 2.05) is 13.8 Å². The van der Waals surface area contributed by atoms with Crippen LogP contribution >= 0.6 is 27.5 Å². The molecule has 0 aromatic heterocycles. The van der Waals surface area contributed by atoms with Crippen LogP contribution in [-0.2, 0) is 4.74 Å². The molecule has 0 aliphatic rings. The number of halogens is 2. The lowest BCUT2D eigenvalue weighted by Crippen LogP contribution is -2.30. The van der Waals surface area contributed by atoms with Crippen molar-refractivity contribution in [2.24, 2.45) is 0 Å². The van der Waals surface area contributed by atoms with Crippen LogP contribution in [0.4, 0.5) is 0 Å². The Hall–Kier alpha value is -0.580. The molecule has 0 aliphatic heterocycles. The van der Waals surface area contributed by atoms with E-state index < -0.39 is 0 Å². The summed E-state index contributed by atoms with van der Waals surface area (Å²) in [4.78, 5) is 13.7. The van der Waals surface area contributed by atoms with Gasteiger partial charge in [0.15, 0.2) is 0 Å². The molecule has 1 aromatic rings. The number of nitrogens with zero attached hydrogens (tertiary/aromatic N) is 1. The van der Waals surface area contributed by atoms with Crippen LogP contribution in [0.15, 0.2) is 22.7 Å². The van der Waals surface area contributed by atoms with E-state index in [2.05, 4.69) is 15.9 Å². The van der Waals surface area contributed by atoms with Crippen molar-refractivity contribution < 1.29 is 9.53 Å². The first-order valence-electron chi connectivity index (χ1n) is 5.74. The van der Waals surface area contributed by atoms with Crippen LogP contribution in [0, 0.1) is 0 Å². The maximum atomic E-state index is 12.1. The van der Waals surface area contributed by atoms with E-state index in [0.717, 1.165) is 4.47 Å². The van der Waals surface area contributed by atoms with Gasteiger partial charge < -0.3 is 9.64 Å². The lowest BCUT2D eigenvalue weighted by molar-refractivity contribution is 0.0532. The molecule has 0 unspecified atom stereocenters. The molecule has 3 nitrogen and oxygen atoms in total. The average molecular weight is 335 g/mol. The second-order valence-electron chi connectivity index (χ2n) is 4.28. The SMILES string of the molecule is CC(C)OCCN(C)C(=O)c1ccc(Cl)c(Br)c1. The molecule has 0 bridgehead atoms. The number of carbonyl (C=O) groups is 1. The van der Waals surface area contributed by atoms with Gasteiger partial charge in [0, 0.05) is 23.6 Å². The predicted octanol–water partition coefficient (Wildman–Crippen LogP) is 3.60. The quantitative estimate of drug-likeness (QED) is 0.823. The lowest BCUT2D eigenvalue weighted by Gasteiger charge is -2.18. The Bertz CT molecular complexity index is 423. The summed E-state index contributed by atoms with van der Waals surface area (Å²) in [6, 6.07) is 5.15. The minimum Gasteiger partial charge on any atom is -0.377 e. The summed E-state index contributed by atoms with van der Waals surface area (Å²) in [6.07, 6.45) is 0.179. The molecular weight excluding hydrogens is 318 g/mol. The highest BCUT2D eigenvalue weighted by molar-refractivity contribution is 9.10. The minimum atomic E-state index is -0.0419. The molecule has 0 spiro atoms. The maximum absolute atomic E-state index is 12.1. The zero-order valence-corrected chi connectivity index (χ0v) is 13.1. The highest BCUT2D eigenvalue weighted by Crippen LogP contribution is 2.23. The van der Waals surface area contributed by atoms with E-state index in [1.165, 1.54) is 0 Å². The molecule has 0 heterocycles. The molecule has 1 aromatic carbocycles. The first kappa shape index (κ1) is 15.5. The van der Waals surface area contributed by atoms with Crippen LogP contribution in [0.1, 0.15) is 24.2 Å². The Balaban J connectivity index is 2.60. The van der Waals surface area contributed by atoms with Gasteiger partial charge in [0.1, 0.15) is 0 Å². The molecule has 0 saturated heterocycles. The third kappa shape index (κ3) is 4.59. The fourth-order valence-electron chi connectivity index (χ4n) is 1.38. The first-order valence-corrected chi connectivity index (χ1v) is 6.91. The van der Waals surface area contributed by atoms with Crippen molar-refractivity contribution in [2.75, 3.05) is 20.2 Å². The van der Waals surface area contributed by atoms with Gasteiger partial charge in [-0.1, -0.05) is 11.6 Å². The summed E-state index contributed by atoms with van der Waals surface area (Å²) in [6.45, 7) is 5.04. The van der Waals surface area contributed by atoms with Crippen LogP contribution < -0.4 is 0 Å². The van der Waals surface area contributed by atoms with Gasteiger partial charge in [0.05, 0.1) is 17.7 Å². The van der Waals surface area contributed by atoms with Gasteiger partial charge >= 0.3 is 0 Å². The number of likely N-dealkylation sites (N-methyl/N-ethyl adjacent to an activating group) is 1. The van der Waals surface area contributed by atoms with Crippen molar-refractivity contribution in [3.05, 3.63) is 33.3 Å². The fourth-order valence-corrected chi connectivity index (χ4v) is 1.87. The van der Waals surface area contributed by atoms with Crippen molar-refractivity contribution in [1.82, 2.24) is 4.90 Å². The molecule has 1 amide bonds. The van der Waals surface area contributed by atoms with Crippen molar-refractivity contribution in [1.29, 1.82) is 0 Å². The van der Waals surface area contributed by atoms with Crippen LogP contribution in [0.3, 0.4) is 0 Å². The van der Waals surface area contributed by atoms with Gasteiger partial charge in [-0.25, -0.2) is 0 Å². The molecule has 0 atom stereocenters. The van der Waals surface area contributed by atoms with Gasteiger partial charge in [-0.3, -0.25) is 4.79 Å². The average Bonchev–Trinajstić information content (AvgIpc) is 2.31. The van der Waals surface area contributed by atoms with Gasteiger partial charge in [0.2, 0.25) is 0 Å². The van der Waals surface area contributed by atoms with E-state index in [4.69, 9.17) is 16.3 Å². The molecule has 100 valence electrons. The van der Waals surface area contributed by atoms with Crippen LogP contribution in [0.5, 0.6) is 0 Å². The van der Waals surface area contributed by atoms with Crippen molar-refractivity contribution in [2.45, 2.75) is 20.0 Å². The predicted molar refractivity (Wildman–Crippen MR) is 77.2 cm³/mol. The van der Waals surface area contributed by atoms with Gasteiger partial charge in [-0.05, 0) is 48.0 Å². The van der Waals surface area contributed by atoms with Crippen molar-refractivity contribution in [3.63, 3.8) is 0 Å². The molecule has 1 rings (SSSR count). The number of amides is 1. The van der Waals surface area contributed by atoms with Gasteiger partial charge in [-0.15, -0.1) is 0 Å². The molecule has 18 heavy (non-hydrogen) atoms. The molecule has 0 fully saturated rings. The van der Waals surface area contributed by atoms with E-state index >= 15 is 0 Å². The van der Waals surface area contributed by atoms with Crippen molar-refractivity contribution in [3.8, 4) is 0 Å². The monoisotopic (exact) mass is 333 g/mol. The summed E-state index contributed by atoms with van der Waals surface area (Å²) in [5, 5.41) is 0.595. The summed E-state index contributed by atoms with van der Waals surface area (Å²) in [5.41, 5.74) is 0.610. The zero-order chi connectivity index (χ0) is 13.7. The molecule has 0 saturated carbocycles. The Kier molecular flexibility index (Phi) is 6.12. The topological polar surface area (TPSA) is 29.5 Å². The normalized spacial score (nSPS) is 10.8. The first-order chi connectivity index (χ1) is 8.41. The van der Waals surface area contributed by atoms with E-state index in [0.29, 0.717) is 23.7 Å². The van der Waals surface area contributed by atoms with Crippen LogP contribution in [0.25, 0.3) is 0 Å². The molecular formula is C13H17BrClNO2. The van der Waals surface area contributed by atoms with E-state index in [1.54, 1.807) is 30.1 Å². The third-order valence-electron chi connectivity index (χ3n) is 2.39. The second-order valence-corrected chi connectivity index (χ2v) is 5.54. The summed E-state index contributed by atoms with van der Waals surface area (Å²) in [7, 11) is 1.76. The molecule has 0 aliphatic carbocycles. The Labute approximate surface area is 121 Å². The molecule has 0 radical (unpaired) electrons. The van der Waals surface area contributed by atoms with E-state index in [-0.39, 0.29) is 12.0 Å². The Morgan fingerprint density at radius 2 is 2.17 bits per heavy atom. The standard InChI is InChI=1S/C13H17BrClNO2/c1-9(2)18-7-6-16(3)13(17)10-4-5-12(15)11(14)8-10/h4-5,8-9H,6-7H2,1-3H3. The highest BCUT2D eigenvalue weighted by atomic mass is 79.9. The fraction of sp³-hybridized carbons (Fsp3) is 0.462. The summed E-state index contributed by atoms with van der Waals surface area (Å²) < 4.78 is 6.14. The molecule has 5 heteroatoms. The lowest BCUT2D eigenvalue weighted by atomic mass is 10.2. The summed E-state index contributed by atoms with van der Waals surface area (Å²) >= 11 is 9.20. The third-order valence-corrected chi connectivity index (χ3v) is 3.61. The second kappa shape index (κ2) is 7.12. The maximum Gasteiger partial charge on any atom is 0.253 e. The van der Waals surface area contributed by atoms with Gasteiger partial charge in [0.25, 0.3) is 5.91 Å². The smallest absolute Gasteiger partial charge is 0.253 e. The summed E-state index contributed by atoms with van der Waals surface area (Å²) in [5.74, 6) is -0.0419. The van der Waals surface area contributed by atoms with E-state index in [9.17, 15) is 4.79 Å². The number of hydrogen-bond acceptors (Lipinski definition) is 2. The van der Waals surface area contributed by atoms with Crippen LogP contribution in [-0.4, -0.2) is 37.1 Å². The van der Waals surface area contributed by atoms with Crippen LogP contribution in [0.2, 0.25) is 5.02 Å². The number of carbonyl (C=O) groups excluding carboxylic acids is 1. The number of ether oxygens (including phenoxy) is 1. The number of rotatable bonds is 5. The Morgan fingerprint density at radius 3 is 2.72 bits per heavy atom. The number of benzene rings is 1. The zero-order valence-electron chi connectivity index (χ0n) is 10.7. The Morgan fingerprint density at radius 1 is 1.50 bits per heavy atom. The highest BCUT2D eigenvalue weighted by Gasteiger charge is 2.12. The number of hydrogen-bond donors (Lipinski definition) is 0.